The summed E-state index contributed by atoms with van der Waals surface area (Å²) in [5.41, 5.74) is 12.9. The summed E-state index contributed by atoms with van der Waals surface area (Å²) in [6, 6.07) is 70.7. The molecule has 0 N–H and O–H groups in total. The molecule has 0 amide bonds. The molecule has 0 fully saturated rings. The standard InChI is InChI=1S/C64H46N2O2/c1-3-46-47(39-15-5-4-6-16-39)28-25-38(2)63(65-64(46)45-27-29-59-52(33-45)49-23-13-14-24-58(49)67-59)53-37-61-54(62-48-22-12-11-17-40(48)26-30-60(62)68-61)36-57(53)66-55-34-43-20-9-7-18-41(43)31-50(55)51-32-42-19-8-10-21-44(42)35-56(51)66/h4-24,26-38,46,64H,3,25H2,1-2H3/b47-28+,65-63+. The number of hydrogen-bond acceptors (Lipinski definition) is 3. The van der Waals surface area contributed by atoms with Crippen molar-refractivity contribution in [2.75, 3.05) is 0 Å². The molecule has 4 heterocycles. The second-order valence-corrected chi connectivity index (χ2v) is 18.9. The lowest BCUT2D eigenvalue weighted by molar-refractivity contribution is 0.514. The van der Waals surface area contributed by atoms with E-state index in [1.165, 1.54) is 59.8 Å². The van der Waals surface area contributed by atoms with Crippen LogP contribution in [0.4, 0.5) is 0 Å². The number of hydrogen-bond donors (Lipinski definition) is 0. The summed E-state index contributed by atoms with van der Waals surface area (Å²) < 4.78 is 15.9. The number of furan rings is 2. The Morgan fingerprint density at radius 1 is 0.500 bits per heavy atom. The fourth-order valence-electron chi connectivity index (χ4n) is 11.7. The molecule has 0 bridgehead atoms. The van der Waals surface area contributed by atoms with Crippen LogP contribution in [0.15, 0.2) is 214 Å². The summed E-state index contributed by atoms with van der Waals surface area (Å²) in [5.74, 6) is 0.162. The number of nitrogens with zero attached hydrogens (tertiary/aromatic N) is 2. The normalized spacial score (nSPS) is 18.5. The van der Waals surface area contributed by atoms with Crippen LogP contribution in [0, 0.1) is 11.8 Å². The van der Waals surface area contributed by atoms with Crippen LogP contribution < -0.4 is 0 Å². The van der Waals surface area contributed by atoms with Gasteiger partial charge in [0.05, 0.1) is 22.8 Å². The predicted molar refractivity (Wildman–Crippen MR) is 286 cm³/mol. The third-order valence-electron chi connectivity index (χ3n) is 15.0. The van der Waals surface area contributed by atoms with Gasteiger partial charge in [-0.2, -0.15) is 0 Å². The van der Waals surface area contributed by atoms with Crippen molar-refractivity contribution in [2.45, 2.75) is 32.7 Å². The summed E-state index contributed by atoms with van der Waals surface area (Å²) in [6.07, 6.45) is 4.27. The van der Waals surface area contributed by atoms with Gasteiger partial charge in [-0.05, 0) is 123 Å². The Hall–Kier alpha value is -8.21. The number of aromatic nitrogens is 1. The Labute approximate surface area is 393 Å². The van der Waals surface area contributed by atoms with Gasteiger partial charge >= 0.3 is 0 Å². The molecular formula is C64H46N2O2. The molecule has 324 valence electrons. The molecule has 0 saturated carbocycles. The van der Waals surface area contributed by atoms with Crippen molar-refractivity contribution in [1.82, 2.24) is 4.57 Å². The van der Waals surface area contributed by atoms with Gasteiger partial charge in [0.15, 0.2) is 0 Å². The Balaban J connectivity index is 1.11. The van der Waals surface area contributed by atoms with Crippen molar-refractivity contribution in [2.24, 2.45) is 16.8 Å². The van der Waals surface area contributed by atoms with Crippen molar-refractivity contribution in [3.05, 3.63) is 217 Å². The number of benzene rings is 10. The topological polar surface area (TPSA) is 43.6 Å². The fourth-order valence-corrected chi connectivity index (χ4v) is 11.7. The average molecular weight is 875 g/mol. The van der Waals surface area contributed by atoms with E-state index < -0.39 is 0 Å². The molecule has 3 aromatic heterocycles. The molecule has 3 unspecified atom stereocenters. The maximum absolute atomic E-state index is 6.97. The molecule has 1 aliphatic rings. The van der Waals surface area contributed by atoms with Crippen LogP contribution in [0.2, 0.25) is 0 Å². The summed E-state index contributed by atoms with van der Waals surface area (Å²) in [6.45, 7) is 4.68. The Morgan fingerprint density at radius 3 is 1.82 bits per heavy atom. The van der Waals surface area contributed by atoms with Crippen LogP contribution in [0.25, 0.3) is 109 Å². The monoisotopic (exact) mass is 874 g/mol. The van der Waals surface area contributed by atoms with Gasteiger partial charge in [-0.15, -0.1) is 0 Å². The van der Waals surface area contributed by atoms with Gasteiger partial charge in [-0.1, -0.05) is 153 Å². The molecule has 1 aliphatic heterocycles. The first-order valence-electron chi connectivity index (χ1n) is 24.0. The van der Waals surface area contributed by atoms with Gasteiger partial charge < -0.3 is 13.4 Å². The number of rotatable bonds is 5. The predicted octanol–water partition coefficient (Wildman–Crippen LogP) is 17.7. The van der Waals surface area contributed by atoms with Gasteiger partial charge in [0.1, 0.15) is 22.3 Å². The van der Waals surface area contributed by atoms with Crippen molar-refractivity contribution >= 4 is 109 Å². The molecular weight excluding hydrogens is 829 g/mol. The Morgan fingerprint density at radius 2 is 1.10 bits per heavy atom. The summed E-state index contributed by atoms with van der Waals surface area (Å²) in [7, 11) is 0. The van der Waals surface area contributed by atoms with Gasteiger partial charge in [-0.25, -0.2) is 0 Å². The van der Waals surface area contributed by atoms with Crippen molar-refractivity contribution in [3.8, 4) is 5.69 Å². The highest BCUT2D eigenvalue weighted by molar-refractivity contribution is 6.22. The van der Waals surface area contributed by atoms with Crippen LogP contribution in [-0.4, -0.2) is 10.3 Å². The quantitative estimate of drug-likeness (QED) is 0.173. The number of aliphatic imine (C=N–C) groups is 1. The van der Waals surface area contributed by atoms with Crippen molar-refractivity contribution in [3.63, 3.8) is 0 Å². The fraction of sp³-hybridized carbons (Fsp3) is 0.109. The minimum Gasteiger partial charge on any atom is -0.456 e. The van der Waals surface area contributed by atoms with E-state index in [0.29, 0.717) is 0 Å². The average Bonchev–Trinajstić information content (AvgIpc) is 4.04. The van der Waals surface area contributed by atoms with E-state index >= 15 is 0 Å². The molecule has 0 aliphatic carbocycles. The van der Waals surface area contributed by atoms with Crippen LogP contribution in [-0.2, 0) is 0 Å². The molecule has 0 radical (unpaired) electrons. The van der Waals surface area contributed by atoms with Crippen molar-refractivity contribution < 1.29 is 8.83 Å². The van der Waals surface area contributed by atoms with Crippen LogP contribution in [0.3, 0.4) is 0 Å². The first kappa shape index (κ1) is 39.0. The summed E-state index contributed by atoms with van der Waals surface area (Å²) >= 11 is 0. The van der Waals surface area contributed by atoms with E-state index in [9.17, 15) is 0 Å². The van der Waals surface area contributed by atoms with Crippen molar-refractivity contribution in [1.29, 1.82) is 0 Å². The smallest absolute Gasteiger partial charge is 0.136 e. The molecule has 13 aromatic rings. The molecule has 68 heavy (non-hydrogen) atoms. The largest absolute Gasteiger partial charge is 0.456 e. The van der Waals surface area contributed by atoms with Gasteiger partial charge in [0.2, 0.25) is 0 Å². The lowest BCUT2D eigenvalue weighted by Gasteiger charge is -2.32. The van der Waals surface area contributed by atoms with E-state index in [0.717, 1.165) is 84.7 Å². The summed E-state index contributed by atoms with van der Waals surface area (Å²) in [5, 5.41) is 14.2. The zero-order chi connectivity index (χ0) is 45.0. The Kier molecular flexibility index (Phi) is 8.70. The van der Waals surface area contributed by atoms with Crippen LogP contribution >= 0.6 is 0 Å². The summed E-state index contributed by atoms with van der Waals surface area (Å²) in [4.78, 5) is 6.19. The maximum Gasteiger partial charge on any atom is 0.136 e. The van der Waals surface area contributed by atoms with Gasteiger partial charge in [0.25, 0.3) is 0 Å². The highest BCUT2D eigenvalue weighted by Gasteiger charge is 2.32. The zero-order valence-corrected chi connectivity index (χ0v) is 37.9. The minimum absolute atomic E-state index is 0.0589. The minimum atomic E-state index is -0.198. The van der Waals surface area contributed by atoms with Gasteiger partial charge in [-0.3, -0.25) is 4.99 Å². The molecule has 3 atom stereocenters. The first-order valence-corrected chi connectivity index (χ1v) is 24.0. The van der Waals surface area contributed by atoms with E-state index in [4.69, 9.17) is 13.8 Å². The van der Waals surface area contributed by atoms with E-state index in [-0.39, 0.29) is 17.9 Å². The molecule has 4 nitrogen and oxygen atoms in total. The first-order chi connectivity index (χ1) is 33.6. The number of para-hydroxylation sites is 1. The lowest BCUT2D eigenvalue weighted by Crippen LogP contribution is -2.23. The van der Waals surface area contributed by atoms with Crippen LogP contribution in [0.5, 0.6) is 0 Å². The maximum atomic E-state index is 6.97. The molecule has 14 rings (SSSR count). The zero-order valence-electron chi connectivity index (χ0n) is 37.9. The SMILES string of the molecule is CCC1/C(c2ccccc2)=C/CC(C)/C(c2cc3oc4ccc5ccccc5c4c3cc2-n2c3cc4ccccc4cc3c3cc4ccccc4cc32)=N\C1c1ccc2oc3ccccc3c2c1. The number of fused-ring (bicyclic) bond motifs is 13. The third-order valence-corrected chi connectivity index (χ3v) is 15.0. The second kappa shape index (κ2) is 15.2. The second-order valence-electron chi connectivity index (χ2n) is 18.9. The third kappa shape index (κ3) is 5.96. The van der Waals surface area contributed by atoms with Gasteiger partial charge in [0, 0.05) is 55.4 Å². The van der Waals surface area contributed by atoms with Crippen LogP contribution in [0.1, 0.15) is 49.4 Å². The molecule has 10 aromatic carbocycles. The molecule has 4 heteroatoms. The molecule has 0 saturated heterocycles. The molecule has 0 spiro atoms. The highest BCUT2D eigenvalue weighted by Crippen LogP contribution is 2.46. The van der Waals surface area contributed by atoms with E-state index in [1.54, 1.807) is 0 Å². The lowest BCUT2D eigenvalue weighted by atomic mass is 9.78. The highest BCUT2D eigenvalue weighted by atomic mass is 16.3. The Bertz CT molecular complexity index is 4160. The van der Waals surface area contributed by atoms with E-state index in [2.05, 4.69) is 213 Å². The number of allylic oxidation sites excluding steroid dienone is 1. The van der Waals surface area contributed by atoms with E-state index in [1.807, 2.05) is 6.07 Å².